The Labute approximate surface area is 503 Å². The predicted octanol–water partition coefficient (Wildman–Crippen LogP) is 9.21. The number of aliphatic hydroxyl groups excluding tert-OH is 3. The summed E-state index contributed by atoms with van der Waals surface area (Å²) in [5.74, 6) is 8.24. The van der Waals surface area contributed by atoms with E-state index in [9.17, 15) is 24.9 Å². The van der Waals surface area contributed by atoms with Gasteiger partial charge in [-0.25, -0.2) is 14.6 Å². The molecule has 15 atom stereocenters. The molecule has 0 aromatic carbocycles. The zero-order valence-electron chi connectivity index (χ0n) is 48.8. The number of hydrogen-bond acceptors (Lipinski definition) is 15. The molecule has 1 spiro atoms. The van der Waals surface area contributed by atoms with Crippen molar-refractivity contribution in [3.63, 3.8) is 0 Å². The summed E-state index contributed by atoms with van der Waals surface area (Å²) in [7, 11) is 3.53. The highest BCUT2D eigenvalue weighted by Gasteiger charge is 2.69. The fourth-order valence-corrected chi connectivity index (χ4v) is 21.2. The van der Waals surface area contributed by atoms with Crippen LogP contribution >= 0.6 is 21.6 Å². The summed E-state index contributed by atoms with van der Waals surface area (Å²) < 4.78 is 13.5. The van der Waals surface area contributed by atoms with Crippen LogP contribution in [-0.4, -0.2) is 104 Å². The lowest BCUT2D eigenvalue weighted by Crippen LogP contribution is -2.54. The molecule has 0 unspecified atom stereocenters. The van der Waals surface area contributed by atoms with Crippen molar-refractivity contribution in [1.82, 2.24) is 30.8 Å². The zero-order chi connectivity index (χ0) is 57.7. The number of imidazole rings is 1. The molecule has 9 bridgehead atoms. The SMILES string of the molecule is CCC1(/C=C2\OC(=O)C3=C2CC[C@H]2[C@@H]4CC[C@@]5(C6=C4[C@@H](CN4C(=O)C=CC4=O)C4=CCNC(=C4)NCSS[C@@H](NC[C@H](O)[C@@H]4CCCC[C@H]4Cc4cnc[nH]4)[C@H]([C@@H]4CC[C@H]7C[C@@H](CO)C[C@H](CO)C#CC[C@@H]4C7)C/C=C/5OC6=O)[C@@H]32)CCCC1. The number of dihydropyridines is 1. The maximum atomic E-state index is 15.7. The minimum atomic E-state index is -1.02. The number of allylic oxidation sites excluding steroid dienone is 5. The molecule has 84 heavy (non-hydrogen) atoms. The van der Waals surface area contributed by atoms with E-state index in [0.717, 1.165) is 131 Å². The van der Waals surface area contributed by atoms with E-state index in [0.29, 0.717) is 85.6 Å². The maximum absolute atomic E-state index is 15.7. The van der Waals surface area contributed by atoms with Gasteiger partial charge in [-0.2, -0.15) is 0 Å². The van der Waals surface area contributed by atoms with Gasteiger partial charge in [-0.3, -0.25) is 14.5 Å². The normalized spacial score (nSPS) is 37.9. The number of ether oxygens (including phenoxy) is 2. The highest BCUT2D eigenvalue weighted by molar-refractivity contribution is 8.76. The number of carbonyl (C=O) groups is 4. The Morgan fingerprint density at radius 1 is 0.917 bits per heavy atom. The van der Waals surface area contributed by atoms with Crippen LogP contribution in [0.1, 0.15) is 141 Å². The van der Waals surface area contributed by atoms with Gasteiger partial charge in [-0.1, -0.05) is 72.6 Å². The average molecular weight is 1180 g/mol. The maximum Gasteiger partial charge on any atom is 0.340 e. The summed E-state index contributed by atoms with van der Waals surface area (Å²) in [5, 5.41) is 44.8. The largest absolute Gasteiger partial charge is 0.427 e. The first kappa shape index (κ1) is 58.2. The number of rotatable bonds is 13. The molecule has 13 aliphatic rings. The van der Waals surface area contributed by atoms with Crippen LogP contribution in [0.4, 0.5) is 0 Å². The summed E-state index contributed by atoms with van der Waals surface area (Å²) >= 11 is 0. The van der Waals surface area contributed by atoms with Crippen molar-refractivity contribution in [2.45, 2.75) is 153 Å². The Bertz CT molecular complexity index is 3000. The second-order valence-electron chi connectivity index (χ2n) is 27.0. The first-order valence-electron chi connectivity index (χ1n) is 32.1. The van der Waals surface area contributed by atoms with E-state index in [1.54, 1.807) is 27.9 Å². The summed E-state index contributed by atoms with van der Waals surface area (Å²) in [6.45, 7) is 3.25. The number of amides is 2. The molecule has 15 nitrogen and oxygen atoms in total. The number of esters is 2. The molecule has 6 heterocycles. The molecule has 2 amide bonds. The molecule has 1 aromatic rings. The summed E-state index contributed by atoms with van der Waals surface area (Å²) in [4.78, 5) is 67.0. The van der Waals surface area contributed by atoms with Crippen LogP contribution in [0.25, 0.3) is 0 Å². The first-order valence-corrected chi connectivity index (χ1v) is 34.5. The van der Waals surface area contributed by atoms with Gasteiger partial charge < -0.3 is 45.7 Å². The van der Waals surface area contributed by atoms with Gasteiger partial charge in [0.2, 0.25) is 0 Å². The van der Waals surface area contributed by atoms with Gasteiger partial charge in [-0.15, -0.1) is 5.92 Å². The Kier molecular flexibility index (Phi) is 17.1. The number of nitrogens with zero attached hydrogens (tertiary/aromatic N) is 2. The predicted molar refractivity (Wildman–Crippen MR) is 322 cm³/mol. The average Bonchev–Trinajstić information content (AvgIpc) is 1.38. The molecule has 17 heteroatoms. The summed E-state index contributed by atoms with van der Waals surface area (Å²) in [6, 6.07) is 0. The lowest BCUT2D eigenvalue weighted by atomic mass is 9.43. The van der Waals surface area contributed by atoms with Crippen LogP contribution in [0, 0.1) is 93.7 Å². The standard InChI is InChI=1S/C67H86N6O9S2/c1-2-66(22-5-6-23-66)31-54-51-15-14-49-48-20-24-67(61(49)60(51)64(79)81-54)55-17-16-50(46-13-12-39-26-41(36-75)27-40(35-74)8-7-10-42(46)28-39)63(70-33-53(76)47-11-4-3-9-43(47)29-45-32-68-37-71-45)84-83-38-72-56-30-44(21-25-69-56)52(59(48)62(67)65(80)82-55)34-73-57(77)18-19-58(73)78/h17-19,21,30-32,37,39-43,46-50,52-53,61,63,69-70,72,74-76H,2-6,9-16,20,22-29,33-36,38H2,1H3,(H,68,71)/b54-31-,55-17-/t39-,40+,41+,42+,43-,46+,47+,48-,49-,50-,52-,53-,61+,63+,67-/m0/s1. The molecule has 1 saturated heterocycles. The highest BCUT2D eigenvalue weighted by Crippen LogP contribution is 2.72. The number of nitrogens with one attached hydrogen (secondary N) is 4. The lowest BCUT2D eigenvalue weighted by molar-refractivity contribution is -0.138. The van der Waals surface area contributed by atoms with E-state index < -0.39 is 23.4 Å². The number of carbonyl (C=O) groups excluding carboxylic acids is 4. The van der Waals surface area contributed by atoms with Crippen LogP contribution in [0.5, 0.6) is 0 Å². The smallest absolute Gasteiger partial charge is 0.340 e. The molecule has 450 valence electrons. The van der Waals surface area contributed by atoms with Crippen molar-refractivity contribution in [1.29, 1.82) is 0 Å². The minimum absolute atomic E-state index is 0.0295. The molecule has 1 aromatic heterocycles. The molecular formula is C67H86N6O9S2. The number of fused-ring (bicyclic) bond motifs is 4. The van der Waals surface area contributed by atoms with E-state index in [1.165, 1.54) is 17.1 Å². The quantitative estimate of drug-likeness (QED) is 0.0424. The summed E-state index contributed by atoms with van der Waals surface area (Å²) in [6.07, 6.45) is 33.5. The third-order valence-corrected chi connectivity index (χ3v) is 25.2. The molecule has 7 N–H and O–H groups in total. The van der Waals surface area contributed by atoms with Gasteiger partial charge in [-0.05, 0) is 184 Å². The molecule has 4 saturated carbocycles. The van der Waals surface area contributed by atoms with Crippen LogP contribution in [0.3, 0.4) is 0 Å². The van der Waals surface area contributed by atoms with Crippen molar-refractivity contribution >= 4 is 45.3 Å². The van der Waals surface area contributed by atoms with Crippen molar-refractivity contribution < 1.29 is 44.0 Å². The molecule has 5 aliphatic heterocycles. The van der Waals surface area contributed by atoms with E-state index >= 15 is 9.59 Å². The van der Waals surface area contributed by atoms with Gasteiger partial charge in [0, 0.05) is 85.6 Å². The van der Waals surface area contributed by atoms with Crippen LogP contribution in [-0.2, 0) is 35.1 Å². The van der Waals surface area contributed by atoms with Gasteiger partial charge in [0.15, 0.2) is 0 Å². The third kappa shape index (κ3) is 11.0. The second kappa shape index (κ2) is 24.7. The summed E-state index contributed by atoms with van der Waals surface area (Å²) in [5.41, 5.74) is 4.18. The number of hydrogen-bond donors (Lipinski definition) is 7. The number of imide groups is 1. The number of aromatic nitrogens is 2. The Balaban J connectivity index is 0.948. The molecule has 5 fully saturated rings. The minimum Gasteiger partial charge on any atom is -0.427 e. The van der Waals surface area contributed by atoms with Crippen molar-refractivity contribution in [3.8, 4) is 11.8 Å². The number of cyclic esters (lactones) is 1. The van der Waals surface area contributed by atoms with Gasteiger partial charge in [0.05, 0.1) is 47.1 Å². The van der Waals surface area contributed by atoms with E-state index in [1.807, 2.05) is 6.20 Å². The second-order valence-corrected chi connectivity index (χ2v) is 29.5. The highest BCUT2D eigenvalue weighted by atomic mass is 33.1. The number of aromatic amines is 1. The number of aliphatic hydroxyl groups is 3. The van der Waals surface area contributed by atoms with Crippen molar-refractivity contribution in [3.05, 3.63) is 99.9 Å². The Morgan fingerprint density at radius 3 is 2.56 bits per heavy atom. The van der Waals surface area contributed by atoms with Crippen LogP contribution in [0.2, 0.25) is 0 Å². The monoisotopic (exact) mass is 1180 g/mol. The van der Waals surface area contributed by atoms with Crippen molar-refractivity contribution in [2.24, 2.45) is 81.8 Å². The number of H-pyrrole nitrogens is 1. The Morgan fingerprint density at radius 2 is 1.76 bits per heavy atom. The third-order valence-electron chi connectivity index (χ3n) is 22.7. The van der Waals surface area contributed by atoms with Gasteiger partial charge in [0.25, 0.3) is 11.8 Å². The molecule has 0 radical (unpaired) electrons. The van der Waals surface area contributed by atoms with Crippen molar-refractivity contribution in [2.75, 3.05) is 38.7 Å². The van der Waals surface area contributed by atoms with E-state index in [2.05, 4.69) is 69.0 Å². The van der Waals surface area contributed by atoms with E-state index in [-0.39, 0.29) is 102 Å². The van der Waals surface area contributed by atoms with Crippen LogP contribution < -0.4 is 16.0 Å². The first-order chi connectivity index (χ1) is 41.0. The van der Waals surface area contributed by atoms with Crippen LogP contribution in [0.15, 0.2) is 94.2 Å². The lowest BCUT2D eigenvalue weighted by Gasteiger charge is -2.57. The van der Waals surface area contributed by atoms with Gasteiger partial charge in [0.1, 0.15) is 11.5 Å². The molecular weight excluding hydrogens is 1100 g/mol. The molecule has 14 rings (SSSR count). The van der Waals surface area contributed by atoms with E-state index in [4.69, 9.17) is 9.47 Å². The topological polar surface area (TPSA) is 215 Å². The fourth-order valence-electron chi connectivity index (χ4n) is 18.7. The molecule has 8 aliphatic carbocycles. The Hall–Kier alpha value is -4.83. The van der Waals surface area contributed by atoms with Gasteiger partial charge >= 0.3 is 11.9 Å². The fraction of sp³-hybridized carbons (Fsp3) is 0.657. The zero-order valence-corrected chi connectivity index (χ0v) is 50.4.